The smallest absolute Gasteiger partial charge is 0.319 e. The van der Waals surface area contributed by atoms with E-state index >= 15 is 0 Å². The molecule has 2 N–H and O–H groups in total. The molecule has 20 heavy (non-hydrogen) atoms. The van der Waals surface area contributed by atoms with Crippen molar-refractivity contribution in [2.45, 2.75) is 25.9 Å². The van der Waals surface area contributed by atoms with E-state index in [9.17, 15) is 4.79 Å². The van der Waals surface area contributed by atoms with Crippen LogP contribution in [0.25, 0.3) is 5.65 Å². The fraction of sp³-hybridized carbons (Fsp3) is 0.462. The molecule has 0 spiro atoms. The Bertz CT molecular complexity index is 618. The Labute approximate surface area is 116 Å². The molecule has 1 unspecified atom stereocenters. The number of rotatable bonds is 3. The van der Waals surface area contributed by atoms with Crippen LogP contribution in [-0.4, -0.2) is 39.9 Å². The quantitative estimate of drug-likeness (QED) is 0.885. The van der Waals surface area contributed by atoms with Crippen LogP contribution in [0.5, 0.6) is 0 Å². The second-order valence-corrected chi connectivity index (χ2v) is 4.82. The molecule has 1 atom stereocenters. The lowest BCUT2D eigenvalue weighted by molar-refractivity contribution is 0.112. The van der Waals surface area contributed by atoms with Crippen molar-refractivity contribution >= 4 is 17.4 Å². The van der Waals surface area contributed by atoms with E-state index in [1.165, 1.54) is 0 Å². The molecule has 2 aromatic heterocycles. The van der Waals surface area contributed by atoms with E-state index in [0.29, 0.717) is 23.7 Å². The zero-order chi connectivity index (χ0) is 13.9. The Balaban J connectivity index is 1.64. The number of urea groups is 1. The number of carbonyl (C=O) groups excluding carboxylic acids is 1. The number of nitrogens with one attached hydrogen (secondary N) is 2. The number of ether oxygens (including phenoxy) is 1. The SMILES string of the molecule is Cc1nc2c(NC(=O)NCC3CCCO3)cccn2n1. The van der Waals surface area contributed by atoms with Gasteiger partial charge in [-0.05, 0) is 31.9 Å². The van der Waals surface area contributed by atoms with Crippen molar-refractivity contribution in [2.75, 3.05) is 18.5 Å². The summed E-state index contributed by atoms with van der Waals surface area (Å²) in [7, 11) is 0. The van der Waals surface area contributed by atoms with Crippen LogP contribution >= 0.6 is 0 Å². The molecular weight excluding hydrogens is 258 g/mol. The lowest BCUT2D eigenvalue weighted by atomic mass is 10.2. The second kappa shape index (κ2) is 5.46. The van der Waals surface area contributed by atoms with Gasteiger partial charge in [-0.15, -0.1) is 0 Å². The Kier molecular flexibility index (Phi) is 3.51. The standard InChI is InChI=1S/C13H17N5O2/c1-9-15-12-11(5-2-6-18(12)17-9)16-13(19)14-8-10-4-3-7-20-10/h2,5-6,10H,3-4,7-8H2,1H3,(H2,14,16,19). The van der Waals surface area contributed by atoms with Gasteiger partial charge in [-0.3, -0.25) is 0 Å². The minimum Gasteiger partial charge on any atom is -0.376 e. The van der Waals surface area contributed by atoms with Crippen molar-refractivity contribution in [3.05, 3.63) is 24.2 Å². The molecule has 0 bridgehead atoms. The van der Waals surface area contributed by atoms with Crippen LogP contribution in [0.4, 0.5) is 10.5 Å². The van der Waals surface area contributed by atoms with Gasteiger partial charge < -0.3 is 15.4 Å². The van der Waals surface area contributed by atoms with Crippen molar-refractivity contribution in [1.82, 2.24) is 19.9 Å². The zero-order valence-corrected chi connectivity index (χ0v) is 11.3. The van der Waals surface area contributed by atoms with Crippen LogP contribution in [0, 0.1) is 6.92 Å². The first-order chi connectivity index (χ1) is 9.72. The van der Waals surface area contributed by atoms with Gasteiger partial charge in [-0.2, -0.15) is 5.10 Å². The number of nitrogens with zero attached hydrogens (tertiary/aromatic N) is 3. The van der Waals surface area contributed by atoms with E-state index in [4.69, 9.17) is 4.74 Å². The summed E-state index contributed by atoms with van der Waals surface area (Å²) < 4.78 is 7.10. The van der Waals surface area contributed by atoms with Crippen LogP contribution in [-0.2, 0) is 4.74 Å². The van der Waals surface area contributed by atoms with Gasteiger partial charge in [-0.25, -0.2) is 14.3 Å². The van der Waals surface area contributed by atoms with E-state index in [2.05, 4.69) is 20.7 Å². The number of amides is 2. The maximum Gasteiger partial charge on any atom is 0.319 e. The predicted octanol–water partition coefficient (Wildman–Crippen LogP) is 1.34. The van der Waals surface area contributed by atoms with E-state index in [-0.39, 0.29) is 12.1 Å². The summed E-state index contributed by atoms with van der Waals surface area (Å²) in [5.41, 5.74) is 1.27. The number of fused-ring (bicyclic) bond motifs is 1. The average Bonchev–Trinajstić information content (AvgIpc) is 3.05. The third-order valence-corrected chi connectivity index (χ3v) is 3.23. The van der Waals surface area contributed by atoms with Gasteiger partial charge in [0.05, 0.1) is 11.8 Å². The molecule has 7 nitrogen and oxygen atoms in total. The van der Waals surface area contributed by atoms with Gasteiger partial charge in [0.25, 0.3) is 0 Å². The summed E-state index contributed by atoms with van der Waals surface area (Å²) >= 11 is 0. The molecule has 3 heterocycles. The summed E-state index contributed by atoms with van der Waals surface area (Å²) in [5, 5.41) is 9.81. The molecule has 0 saturated carbocycles. The molecule has 2 aromatic rings. The highest BCUT2D eigenvalue weighted by atomic mass is 16.5. The van der Waals surface area contributed by atoms with Crippen molar-refractivity contribution < 1.29 is 9.53 Å². The Morgan fingerprint density at radius 2 is 2.50 bits per heavy atom. The number of anilines is 1. The molecule has 2 amide bonds. The summed E-state index contributed by atoms with van der Waals surface area (Å²) in [6.45, 7) is 3.13. The maximum atomic E-state index is 11.9. The zero-order valence-electron chi connectivity index (χ0n) is 11.3. The maximum absolute atomic E-state index is 11.9. The molecule has 106 valence electrons. The third kappa shape index (κ3) is 2.72. The number of hydrogen-bond acceptors (Lipinski definition) is 4. The molecule has 7 heteroatoms. The molecule has 0 aliphatic carbocycles. The molecule has 1 fully saturated rings. The fourth-order valence-electron chi connectivity index (χ4n) is 2.29. The van der Waals surface area contributed by atoms with Gasteiger partial charge in [0.15, 0.2) is 5.65 Å². The monoisotopic (exact) mass is 275 g/mol. The second-order valence-electron chi connectivity index (χ2n) is 4.82. The molecule has 1 aliphatic heterocycles. The van der Waals surface area contributed by atoms with Crippen LogP contribution in [0.2, 0.25) is 0 Å². The summed E-state index contributed by atoms with van der Waals surface area (Å²) in [5.74, 6) is 0.666. The Morgan fingerprint density at radius 1 is 1.60 bits per heavy atom. The topological polar surface area (TPSA) is 80.5 Å². The van der Waals surface area contributed by atoms with E-state index in [1.807, 2.05) is 13.0 Å². The first kappa shape index (κ1) is 12.9. The largest absolute Gasteiger partial charge is 0.376 e. The van der Waals surface area contributed by atoms with Gasteiger partial charge in [0.1, 0.15) is 5.82 Å². The summed E-state index contributed by atoms with van der Waals surface area (Å²) in [6.07, 6.45) is 3.99. The highest BCUT2D eigenvalue weighted by Crippen LogP contribution is 2.14. The minimum absolute atomic E-state index is 0.131. The number of pyridine rings is 1. The Hall–Kier alpha value is -2.15. The van der Waals surface area contributed by atoms with Crippen LogP contribution < -0.4 is 10.6 Å². The van der Waals surface area contributed by atoms with Gasteiger partial charge in [-0.1, -0.05) is 0 Å². The average molecular weight is 275 g/mol. The van der Waals surface area contributed by atoms with Crippen molar-refractivity contribution in [3.63, 3.8) is 0 Å². The molecule has 3 rings (SSSR count). The summed E-state index contributed by atoms with van der Waals surface area (Å²) in [4.78, 5) is 16.2. The lowest BCUT2D eigenvalue weighted by Gasteiger charge is -2.11. The molecular formula is C13H17N5O2. The van der Waals surface area contributed by atoms with Crippen molar-refractivity contribution in [2.24, 2.45) is 0 Å². The highest BCUT2D eigenvalue weighted by Gasteiger charge is 2.16. The number of aryl methyl sites for hydroxylation is 1. The van der Waals surface area contributed by atoms with Gasteiger partial charge >= 0.3 is 6.03 Å². The molecule has 1 saturated heterocycles. The van der Waals surface area contributed by atoms with Crippen LogP contribution in [0.15, 0.2) is 18.3 Å². The third-order valence-electron chi connectivity index (χ3n) is 3.23. The minimum atomic E-state index is -0.255. The van der Waals surface area contributed by atoms with Crippen molar-refractivity contribution in [3.8, 4) is 0 Å². The summed E-state index contributed by atoms with van der Waals surface area (Å²) in [6, 6.07) is 3.36. The number of hydrogen-bond donors (Lipinski definition) is 2. The lowest BCUT2D eigenvalue weighted by Crippen LogP contribution is -2.35. The molecule has 1 aliphatic rings. The predicted molar refractivity (Wildman–Crippen MR) is 73.7 cm³/mol. The van der Waals surface area contributed by atoms with E-state index < -0.39 is 0 Å². The first-order valence-electron chi connectivity index (χ1n) is 6.71. The van der Waals surface area contributed by atoms with E-state index in [1.54, 1.807) is 16.8 Å². The van der Waals surface area contributed by atoms with Crippen molar-refractivity contribution in [1.29, 1.82) is 0 Å². The number of carbonyl (C=O) groups is 1. The number of aromatic nitrogens is 3. The normalized spacial score (nSPS) is 18.4. The molecule has 0 aromatic carbocycles. The fourth-order valence-corrected chi connectivity index (χ4v) is 2.29. The van der Waals surface area contributed by atoms with E-state index in [0.717, 1.165) is 19.4 Å². The van der Waals surface area contributed by atoms with Crippen LogP contribution in [0.1, 0.15) is 18.7 Å². The van der Waals surface area contributed by atoms with Gasteiger partial charge in [0, 0.05) is 19.3 Å². The molecule has 0 radical (unpaired) electrons. The van der Waals surface area contributed by atoms with Crippen LogP contribution in [0.3, 0.4) is 0 Å². The highest BCUT2D eigenvalue weighted by molar-refractivity contribution is 5.92. The van der Waals surface area contributed by atoms with Gasteiger partial charge in [0.2, 0.25) is 0 Å². The Morgan fingerprint density at radius 3 is 3.30 bits per heavy atom. The first-order valence-corrected chi connectivity index (χ1v) is 6.71.